The average Bonchev–Trinajstić information content (AvgIpc) is 3.35. The predicted octanol–water partition coefficient (Wildman–Crippen LogP) is 2.35. The first-order valence-corrected chi connectivity index (χ1v) is 9.07. The van der Waals surface area contributed by atoms with Gasteiger partial charge >= 0.3 is 5.97 Å². The van der Waals surface area contributed by atoms with Crippen molar-refractivity contribution in [3.63, 3.8) is 0 Å². The molecule has 27 heavy (non-hydrogen) atoms. The molecule has 0 amide bonds. The van der Waals surface area contributed by atoms with E-state index in [1.165, 1.54) is 6.33 Å². The Morgan fingerprint density at radius 2 is 2.22 bits per heavy atom. The number of hydrogen-bond acceptors (Lipinski definition) is 7. The molecule has 1 atom stereocenters. The van der Waals surface area contributed by atoms with Crippen LogP contribution in [-0.2, 0) is 4.74 Å². The molecule has 1 aromatic carbocycles. The van der Waals surface area contributed by atoms with Crippen molar-refractivity contribution in [1.82, 2.24) is 19.6 Å². The maximum Gasteiger partial charge on any atom is 0.338 e. The number of aromatic nitrogens is 4. The normalized spacial score (nSPS) is 16.6. The predicted molar refractivity (Wildman–Crippen MR) is 99.0 cm³/mol. The number of anilines is 1. The lowest BCUT2D eigenvalue weighted by molar-refractivity contribution is 0.0482. The second kappa shape index (κ2) is 7.61. The van der Waals surface area contributed by atoms with Crippen molar-refractivity contribution in [2.45, 2.75) is 25.8 Å². The Bertz CT molecular complexity index is 942. The molecule has 0 N–H and O–H groups in total. The van der Waals surface area contributed by atoms with Crippen LogP contribution >= 0.6 is 0 Å². The fourth-order valence-electron chi connectivity index (χ4n) is 3.39. The molecule has 3 aromatic rings. The lowest BCUT2D eigenvalue weighted by atomic mass is 10.2. The van der Waals surface area contributed by atoms with Gasteiger partial charge in [-0.05, 0) is 44.0 Å². The SMILES string of the molecule is CCOc1cccc(C(=O)OC[C@H]2CCCN2c2ccnc3ncnn23)c1. The van der Waals surface area contributed by atoms with Crippen molar-refractivity contribution < 1.29 is 14.3 Å². The molecule has 8 nitrogen and oxygen atoms in total. The lowest BCUT2D eigenvalue weighted by Crippen LogP contribution is -2.35. The van der Waals surface area contributed by atoms with Gasteiger partial charge in [0.1, 0.15) is 24.5 Å². The third-order valence-electron chi connectivity index (χ3n) is 4.62. The maximum absolute atomic E-state index is 12.4. The molecule has 1 fully saturated rings. The van der Waals surface area contributed by atoms with Gasteiger partial charge in [-0.25, -0.2) is 9.78 Å². The van der Waals surface area contributed by atoms with Crippen LogP contribution < -0.4 is 9.64 Å². The van der Waals surface area contributed by atoms with Crippen LogP contribution in [0.4, 0.5) is 5.82 Å². The molecule has 0 radical (unpaired) electrons. The summed E-state index contributed by atoms with van der Waals surface area (Å²) in [5.74, 6) is 1.79. The standard InChI is InChI=1S/C19H21N5O3/c1-2-26-16-7-3-5-14(11-16)18(25)27-12-15-6-4-10-23(15)17-8-9-20-19-21-13-22-24(17)19/h3,5,7-9,11,13,15H,2,4,6,10,12H2,1H3/t15-/m1/s1. The highest BCUT2D eigenvalue weighted by atomic mass is 16.5. The molecular weight excluding hydrogens is 346 g/mol. The Balaban J connectivity index is 1.45. The van der Waals surface area contributed by atoms with Crippen LogP contribution in [0.3, 0.4) is 0 Å². The highest BCUT2D eigenvalue weighted by molar-refractivity contribution is 5.89. The summed E-state index contributed by atoms with van der Waals surface area (Å²) >= 11 is 0. The molecule has 0 spiro atoms. The Hall–Kier alpha value is -3.16. The van der Waals surface area contributed by atoms with Gasteiger partial charge in [0, 0.05) is 12.7 Å². The van der Waals surface area contributed by atoms with Crippen molar-refractivity contribution in [3.8, 4) is 5.75 Å². The molecular formula is C19H21N5O3. The third-order valence-corrected chi connectivity index (χ3v) is 4.62. The number of ether oxygens (including phenoxy) is 2. The van der Waals surface area contributed by atoms with Gasteiger partial charge in [0.05, 0.1) is 18.2 Å². The van der Waals surface area contributed by atoms with Crippen molar-refractivity contribution in [1.29, 1.82) is 0 Å². The van der Waals surface area contributed by atoms with Crippen LogP contribution in [0.15, 0.2) is 42.9 Å². The largest absolute Gasteiger partial charge is 0.494 e. The van der Waals surface area contributed by atoms with Gasteiger partial charge < -0.3 is 14.4 Å². The first kappa shape index (κ1) is 17.3. The maximum atomic E-state index is 12.4. The Labute approximate surface area is 156 Å². The fraction of sp³-hybridized carbons (Fsp3) is 0.368. The van der Waals surface area contributed by atoms with Crippen LogP contribution in [0.25, 0.3) is 5.78 Å². The highest BCUT2D eigenvalue weighted by Crippen LogP contribution is 2.25. The van der Waals surface area contributed by atoms with Crippen LogP contribution in [-0.4, -0.2) is 51.4 Å². The zero-order chi connectivity index (χ0) is 18.6. The van der Waals surface area contributed by atoms with E-state index in [1.807, 2.05) is 19.1 Å². The molecule has 0 unspecified atom stereocenters. The van der Waals surface area contributed by atoms with E-state index in [0.717, 1.165) is 25.2 Å². The van der Waals surface area contributed by atoms with Crippen LogP contribution in [0.1, 0.15) is 30.1 Å². The van der Waals surface area contributed by atoms with Crippen molar-refractivity contribution >= 4 is 17.6 Å². The minimum atomic E-state index is -0.343. The van der Waals surface area contributed by atoms with E-state index in [9.17, 15) is 4.79 Å². The number of fused-ring (bicyclic) bond motifs is 1. The molecule has 0 bridgehead atoms. The summed E-state index contributed by atoms with van der Waals surface area (Å²) in [6, 6.07) is 9.07. The van der Waals surface area contributed by atoms with Crippen molar-refractivity contribution in [3.05, 3.63) is 48.4 Å². The smallest absolute Gasteiger partial charge is 0.338 e. The van der Waals surface area contributed by atoms with Gasteiger partial charge in [-0.1, -0.05) is 6.07 Å². The number of nitrogens with zero attached hydrogens (tertiary/aromatic N) is 5. The number of rotatable bonds is 6. The fourth-order valence-corrected chi connectivity index (χ4v) is 3.39. The number of carbonyl (C=O) groups is 1. The molecule has 4 rings (SSSR count). The first-order valence-electron chi connectivity index (χ1n) is 9.07. The summed E-state index contributed by atoms with van der Waals surface area (Å²) in [7, 11) is 0. The van der Waals surface area contributed by atoms with Gasteiger partial charge in [0.15, 0.2) is 0 Å². The zero-order valence-corrected chi connectivity index (χ0v) is 15.1. The number of esters is 1. The van der Waals surface area contributed by atoms with Crippen molar-refractivity contribution in [2.75, 3.05) is 24.7 Å². The van der Waals surface area contributed by atoms with E-state index in [4.69, 9.17) is 9.47 Å². The van der Waals surface area contributed by atoms with Gasteiger partial charge in [-0.3, -0.25) is 0 Å². The minimum Gasteiger partial charge on any atom is -0.494 e. The summed E-state index contributed by atoms with van der Waals surface area (Å²) < 4.78 is 12.8. The van der Waals surface area contributed by atoms with E-state index in [2.05, 4.69) is 20.0 Å². The summed E-state index contributed by atoms with van der Waals surface area (Å²) in [5, 5.41) is 4.25. The number of benzene rings is 1. The average molecular weight is 367 g/mol. The number of carbonyl (C=O) groups excluding carboxylic acids is 1. The van der Waals surface area contributed by atoms with Gasteiger partial charge in [0.2, 0.25) is 0 Å². The molecule has 1 aliphatic heterocycles. The van der Waals surface area contributed by atoms with E-state index in [1.54, 1.807) is 28.9 Å². The first-order chi connectivity index (χ1) is 13.3. The van der Waals surface area contributed by atoms with E-state index in [-0.39, 0.29) is 12.0 Å². The molecule has 0 aliphatic carbocycles. The highest BCUT2D eigenvalue weighted by Gasteiger charge is 2.28. The summed E-state index contributed by atoms with van der Waals surface area (Å²) in [6.45, 7) is 3.65. The Morgan fingerprint density at radius 1 is 1.30 bits per heavy atom. The summed E-state index contributed by atoms with van der Waals surface area (Å²) in [4.78, 5) is 23.0. The molecule has 1 saturated heterocycles. The van der Waals surface area contributed by atoms with Crippen LogP contribution in [0.5, 0.6) is 5.75 Å². The molecule has 8 heteroatoms. The van der Waals surface area contributed by atoms with Gasteiger partial charge in [-0.2, -0.15) is 14.6 Å². The van der Waals surface area contributed by atoms with Crippen LogP contribution in [0.2, 0.25) is 0 Å². The molecule has 1 aliphatic rings. The van der Waals surface area contributed by atoms with E-state index < -0.39 is 0 Å². The third kappa shape index (κ3) is 3.55. The summed E-state index contributed by atoms with van der Waals surface area (Å²) in [6.07, 6.45) is 5.19. The van der Waals surface area contributed by atoms with E-state index in [0.29, 0.717) is 30.3 Å². The van der Waals surface area contributed by atoms with Crippen molar-refractivity contribution in [2.24, 2.45) is 0 Å². The summed E-state index contributed by atoms with van der Waals surface area (Å²) in [5.41, 5.74) is 0.494. The monoisotopic (exact) mass is 367 g/mol. The quantitative estimate of drug-likeness (QED) is 0.619. The minimum absolute atomic E-state index is 0.0961. The Morgan fingerprint density at radius 3 is 3.11 bits per heavy atom. The zero-order valence-electron chi connectivity index (χ0n) is 15.1. The second-order valence-corrected chi connectivity index (χ2v) is 6.32. The van der Waals surface area contributed by atoms with Gasteiger partial charge in [0.25, 0.3) is 5.78 Å². The molecule has 140 valence electrons. The number of hydrogen-bond donors (Lipinski definition) is 0. The molecule has 2 aromatic heterocycles. The van der Waals surface area contributed by atoms with Crippen LogP contribution in [0, 0.1) is 0 Å². The Kier molecular flexibility index (Phi) is 4.86. The van der Waals surface area contributed by atoms with Gasteiger partial charge in [-0.15, -0.1) is 0 Å². The molecule has 3 heterocycles. The van der Waals surface area contributed by atoms with E-state index >= 15 is 0 Å². The topological polar surface area (TPSA) is 81.9 Å². The second-order valence-electron chi connectivity index (χ2n) is 6.32. The lowest BCUT2D eigenvalue weighted by Gasteiger charge is -2.26. The molecule has 0 saturated carbocycles.